The number of anilines is 2. The summed E-state index contributed by atoms with van der Waals surface area (Å²) >= 11 is 0. The molecule has 0 bridgehead atoms. The highest BCUT2D eigenvalue weighted by Gasteiger charge is 2.09. The van der Waals surface area contributed by atoms with Gasteiger partial charge in [0.2, 0.25) is 0 Å². The van der Waals surface area contributed by atoms with Crippen LogP contribution in [0, 0.1) is 0 Å². The van der Waals surface area contributed by atoms with Gasteiger partial charge in [0.15, 0.2) is 0 Å². The van der Waals surface area contributed by atoms with E-state index in [4.69, 9.17) is 4.98 Å². The van der Waals surface area contributed by atoms with E-state index in [9.17, 15) is 0 Å². The smallest absolute Gasteiger partial charge is 0.0931 e. The summed E-state index contributed by atoms with van der Waals surface area (Å²) in [4.78, 5) is 12.2. The fraction of sp³-hybridized carbons (Fsp3) is 0. The lowest BCUT2D eigenvalue weighted by Crippen LogP contribution is -1.95. The first-order valence-electron chi connectivity index (χ1n) is 7.86. The van der Waals surface area contributed by atoms with Gasteiger partial charge in [-0.1, -0.05) is 36.4 Å². The van der Waals surface area contributed by atoms with E-state index in [1.807, 2.05) is 48.5 Å². The van der Waals surface area contributed by atoms with Gasteiger partial charge in [0, 0.05) is 16.5 Å². The van der Waals surface area contributed by atoms with Gasteiger partial charge >= 0.3 is 0 Å². The van der Waals surface area contributed by atoms with Gasteiger partial charge in [-0.2, -0.15) is 0 Å². The summed E-state index contributed by atoms with van der Waals surface area (Å²) in [6, 6.07) is 22.6. The number of benzene rings is 3. The van der Waals surface area contributed by atoms with Gasteiger partial charge in [-0.25, -0.2) is 9.97 Å². The van der Waals surface area contributed by atoms with Gasteiger partial charge in [0.25, 0.3) is 0 Å². The number of aromatic nitrogens is 3. The van der Waals surface area contributed by atoms with Gasteiger partial charge in [-0.15, -0.1) is 12.4 Å². The molecule has 0 fully saturated rings. The maximum atomic E-state index is 4.77. The molecule has 4 nitrogen and oxygen atoms in total. The molecular formula is C20H15ClN4. The summed E-state index contributed by atoms with van der Waals surface area (Å²) in [7, 11) is 0. The zero-order chi connectivity index (χ0) is 15.9. The molecular weight excluding hydrogens is 332 g/mol. The van der Waals surface area contributed by atoms with Crippen molar-refractivity contribution < 1.29 is 0 Å². The second-order valence-electron chi connectivity index (χ2n) is 5.78. The SMILES string of the molecule is Cl.c1ccc2c(Nc3ccc4nc[nH]c4c3)c3ccccc3nc2c1. The fourth-order valence-corrected chi connectivity index (χ4v) is 3.13. The Morgan fingerprint density at radius 1 is 0.760 bits per heavy atom. The normalized spacial score (nSPS) is 10.9. The van der Waals surface area contributed by atoms with E-state index < -0.39 is 0 Å². The van der Waals surface area contributed by atoms with Gasteiger partial charge in [0.05, 0.1) is 34.1 Å². The van der Waals surface area contributed by atoms with Gasteiger partial charge in [0.1, 0.15) is 0 Å². The Hall–Kier alpha value is -3.11. The van der Waals surface area contributed by atoms with Crippen LogP contribution in [-0.2, 0) is 0 Å². The van der Waals surface area contributed by atoms with Crippen LogP contribution in [-0.4, -0.2) is 15.0 Å². The van der Waals surface area contributed by atoms with Crippen LogP contribution in [0.3, 0.4) is 0 Å². The van der Waals surface area contributed by atoms with Crippen LogP contribution in [0.2, 0.25) is 0 Å². The average Bonchev–Trinajstić information content (AvgIpc) is 3.09. The Bertz CT molecular complexity index is 1140. The van der Waals surface area contributed by atoms with Crippen LogP contribution in [0.1, 0.15) is 0 Å². The van der Waals surface area contributed by atoms with Crippen molar-refractivity contribution in [3.8, 4) is 0 Å². The van der Waals surface area contributed by atoms with E-state index in [0.29, 0.717) is 0 Å². The zero-order valence-corrected chi connectivity index (χ0v) is 14.0. The summed E-state index contributed by atoms with van der Waals surface area (Å²) in [5.41, 5.74) is 6.05. The molecule has 0 aliphatic heterocycles. The fourth-order valence-electron chi connectivity index (χ4n) is 3.13. The van der Waals surface area contributed by atoms with Crippen LogP contribution in [0.4, 0.5) is 11.4 Å². The number of hydrogen-bond donors (Lipinski definition) is 2. The van der Waals surface area contributed by atoms with Crippen LogP contribution in [0.15, 0.2) is 73.1 Å². The second kappa shape index (κ2) is 6.07. The maximum absolute atomic E-state index is 4.77. The molecule has 2 heterocycles. The molecule has 3 aromatic carbocycles. The number of para-hydroxylation sites is 2. The highest BCUT2D eigenvalue weighted by molar-refractivity contribution is 6.08. The van der Waals surface area contributed by atoms with E-state index in [1.54, 1.807) is 6.33 Å². The lowest BCUT2D eigenvalue weighted by Gasteiger charge is -2.13. The summed E-state index contributed by atoms with van der Waals surface area (Å²) in [5, 5.41) is 5.81. The van der Waals surface area contributed by atoms with Crippen molar-refractivity contribution in [1.29, 1.82) is 0 Å². The summed E-state index contributed by atoms with van der Waals surface area (Å²) < 4.78 is 0. The third-order valence-corrected chi connectivity index (χ3v) is 4.28. The number of halogens is 1. The quantitative estimate of drug-likeness (QED) is 0.419. The lowest BCUT2D eigenvalue weighted by molar-refractivity contribution is 1.34. The van der Waals surface area contributed by atoms with Crippen LogP contribution >= 0.6 is 12.4 Å². The molecule has 5 heteroatoms. The lowest BCUT2D eigenvalue weighted by atomic mass is 10.1. The predicted octanol–water partition coefficient (Wildman–Crippen LogP) is 5.43. The summed E-state index contributed by atoms with van der Waals surface area (Å²) in [6.45, 7) is 0. The minimum Gasteiger partial charge on any atom is -0.354 e. The Kier molecular flexibility index (Phi) is 3.75. The molecule has 0 saturated carbocycles. The Morgan fingerprint density at radius 2 is 1.44 bits per heavy atom. The van der Waals surface area contributed by atoms with E-state index in [2.05, 4.69) is 33.5 Å². The number of nitrogens with one attached hydrogen (secondary N) is 2. The van der Waals surface area contributed by atoms with Crippen molar-refractivity contribution >= 4 is 56.6 Å². The third kappa shape index (κ3) is 2.57. The number of nitrogens with zero attached hydrogens (tertiary/aromatic N) is 2. The van der Waals surface area contributed by atoms with Crippen molar-refractivity contribution in [2.75, 3.05) is 5.32 Å². The average molecular weight is 347 g/mol. The van der Waals surface area contributed by atoms with Crippen molar-refractivity contribution in [3.05, 3.63) is 73.1 Å². The predicted molar refractivity (Wildman–Crippen MR) is 106 cm³/mol. The van der Waals surface area contributed by atoms with Crippen LogP contribution in [0.5, 0.6) is 0 Å². The van der Waals surface area contributed by atoms with Crippen molar-refractivity contribution in [3.63, 3.8) is 0 Å². The number of aromatic amines is 1. The molecule has 0 aliphatic rings. The molecule has 0 amide bonds. The Morgan fingerprint density at radius 3 is 2.16 bits per heavy atom. The Balaban J connectivity index is 0.00000157. The molecule has 5 rings (SSSR count). The highest BCUT2D eigenvalue weighted by Crippen LogP contribution is 2.33. The van der Waals surface area contributed by atoms with Gasteiger partial charge in [-0.05, 0) is 30.3 Å². The molecule has 2 aromatic heterocycles. The third-order valence-electron chi connectivity index (χ3n) is 4.28. The monoisotopic (exact) mass is 346 g/mol. The molecule has 0 saturated heterocycles. The number of H-pyrrole nitrogens is 1. The molecule has 2 N–H and O–H groups in total. The number of pyridine rings is 1. The first-order valence-corrected chi connectivity index (χ1v) is 7.86. The number of imidazole rings is 1. The van der Waals surface area contributed by atoms with Crippen LogP contribution in [0.25, 0.3) is 32.8 Å². The van der Waals surface area contributed by atoms with Crippen molar-refractivity contribution in [2.24, 2.45) is 0 Å². The second-order valence-corrected chi connectivity index (χ2v) is 5.78. The van der Waals surface area contributed by atoms with E-state index in [0.717, 1.165) is 44.2 Å². The first kappa shape index (κ1) is 15.4. The first-order chi connectivity index (χ1) is 11.9. The molecule has 0 aliphatic carbocycles. The molecule has 25 heavy (non-hydrogen) atoms. The largest absolute Gasteiger partial charge is 0.354 e. The minimum atomic E-state index is 0. The summed E-state index contributed by atoms with van der Waals surface area (Å²) in [5.74, 6) is 0. The highest BCUT2D eigenvalue weighted by atomic mass is 35.5. The van der Waals surface area contributed by atoms with Gasteiger partial charge < -0.3 is 10.3 Å². The van der Waals surface area contributed by atoms with Gasteiger partial charge in [-0.3, -0.25) is 0 Å². The molecule has 0 unspecified atom stereocenters. The number of rotatable bonds is 2. The Labute approximate surface area is 150 Å². The van der Waals surface area contributed by atoms with E-state index >= 15 is 0 Å². The minimum absolute atomic E-state index is 0. The van der Waals surface area contributed by atoms with E-state index in [1.165, 1.54) is 0 Å². The van der Waals surface area contributed by atoms with Crippen LogP contribution < -0.4 is 5.32 Å². The standard InChI is InChI=1S/C20H14N4.ClH/c1-3-7-16-14(5-1)20(15-6-2-4-8-17(15)24-16)23-13-9-10-18-19(11-13)22-12-21-18;/h1-12H,(H,21,22)(H,23,24);1H. The molecule has 0 radical (unpaired) electrons. The zero-order valence-electron chi connectivity index (χ0n) is 13.2. The van der Waals surface area contributed by atoms with Crippen molar-refractivity contribution in [2.45, 2.75) is 0 Å². The topological polar surface area (TPSA) is 53.6 Å². The summed E-state index contributed by atoms with van der Waals surface area (Å²) in [6.07, 6.45) is 1.71. The van der Waals surface area contributed by atoms with Crippen molar-refractivity contribution in [1.82, 2.24) is 15.0 Å². The maximum Gasteiger partial charge on any atom is 0.0931 e. The number of hydrogen-bond acceptors (Lipinski definition) is 3. The number of fused-ring (bicyclic) bond motifs is 3. The molecule has 122 valence electrons. The van der Waals surface area contributed by atoms with E-state index in [-0.39, 0.29) is 12.4 Å². The molecule has 0 atom stereocenters. The molecule has 0 spiro atoms. The molecule has 5 aromatic rings.